The van der Waals surface area contributed by atoms with Gasteiger partial charge in [-0.2, -0.15) is 5.10 Å². The number of nitrogens with two attached hydrogens (primary N) is 1. The number of ether oxygens (including phenoxy) is 1. The number of rotatable bonds is 4. The van der Waals surface area contributed by atoms with Gasteiger partial charge in [0.2, 0.25) is 0 Å². The minimum Gasteiger partial charge on any atom is -0.486 e. The molecule has 0 bridgehead atoms. The normalized spacial score (nSPS) is 11.7. The van der Waals surface area contributed by atoms with Crippen molar-refractivity contribution >= 4 is 33.4 Å². The van der Waals surface area contributed by atoms with E-state index >= 15 is 0 Å². The number of oxime groups is 1. The lowest BCUT2D eigenvalue weighted by Crippen LogP contribution is -2.15. The molecule has 2 aromatic rings. The summed E-state index contributed by atoms with van der Waals surface area (Å²) in [4.78, 5) is 0. The average molecular weight is 374 g/mol. The van der Waals surface area contributed by atoms with Gasteiger partial charge in [0.05, 0.1) is 22.0 Å². The molecule has 0 aliphatic carbocycles. The van der Waals surface area contributed by atoms with Crippen LogP contribution in [0.1, 0.15) is 17.0 Å². The zero-order valence-corrected chi connectivity index (χ0v) is 13.8. The van der Waals surface area contributed by atoms with Gasteiger partial charge in [-0.05, 0) is 25.1 Å². The van der Waals surface area contributed by atoms with E-state index in [4.69, 9.17) is 27.3 Å². The van der Waals surface area contributed by atoms with Gasteiger partial charge in [-0.1, -0.05) is 32.7 Å². The number of nitrogens with zero attached hydrogens (tertiary/aromatic N) is 3. The molecule has 1 aromatic heterocycles. The Bertz CT molecular complexity index is 700. The largest absolute Gasteiger partial charge is 0.486 e. The van der Waals surface area contributed by atoms with E-state index in [1.165, 1.54) is 0 Å². The van der Waals surface area contributed by atoms with Crippen LogP contribution < -0.4 is 10.5 Å². The monoisotopic (exact) mass is 372 g/mol. The van der Waals surface area contributed by atoms with Crippen LogP contribution >= 0.6 is 27.5 Å². The van der Waals surface area contributed by atoms with Crippen LogP contribution in [0.4, 0.5) is 0 Å². The summed E-state index contributed by atoms with van der Waals surface area (Å²) in [5.41, 5.74) is 7.63. The summed E-state index contributed by atoms with van der Waals surface area (Å²) in [5.74, 6) is 0.460. The van der Waals surface area contributed by atoms with E-state index in [2.05, 4.69) is 26.2 Å². The maximum absolute atomic E-state index is 8.84. The Balaban J connectivity index is 2.28. The molecule has 0 aliphatic heterocycles. The van der Waals surface area contributed by atoms with Crippen LogP contribution in [0.3, 0.4) is 0 Å². The highest BCUT2D eigenvalue weighted by atomic mass is 79.9. The van der Waals surface area contributed by atoms with Gasteiger partial charge in [0.15, 0.2) is 5.84 Å². The SMILES string of the molecule is Cc1nn(C)c(COc2ccc(Br)cc2/C(N)=N/O)c1Cl. The molecule has 3 N–H and O–H groups in total. The summed E-state index contributed by atoms with van der Waals surface area (Å²) in [6.07, 6.45) is 0. The molecular formula is C13H14BrClN4O2. The number of aryl methyl sites for hydroxylation is 2. The second kappa shape index (κ2) is 6.36. The van der Waals surface area contributed by atoms with Gasteiger partial charge in [-0.25, -0.2) is 0 Å². The molecule has 6 nitrogen and oxygen atoms in total. The number of halogens is 2. The Morgan fingerprint density at radius 3 is 2.86 bits per heavy atom. The van der Waals surface area contributed by atoms with Gasteiger partial charge in [0.25, 0.3) is 0 Å². The van der Waals surface area contributed by atoms with Crippen LogP contribution in [-0.2, 0) is 13.7 Å². The minimum atomic E-state index is -0.0291. The van der Waals surface area contributed by atoms with Gasteiger partial charge in [0, 0.05) is 11.5 Å². The summed E-state index contributed by atoms with van der Waals surface area (Å²) >= 11 is 9.51. The van der Waals surface area contributed by atoms with Crippen LogP contribution in [0, 0.1) is 6.92 Å². The second-order valence-corrected chi connectivity index (χ2v) is 5.68. The standard InChI is InChI=1S/C13H14BrClN4O2/c1-7-12(15)10(19(2)17-7)6-21-11-4-3-8(14)5-9(11)13(16)18-20/h3-5,20H,6H2,1-2H3,(H2,16,18). The molecule has 0 atom stereocenters. The van der Waals surface area contributed by atoms with Crippen molar-refractivity contribution in [3.8, 4) is 5.75 Å². The van der Waals surface area contributed by atoms with Gasteiger partial charge in [0.1, 0.15) is 12.4 Å². The summed E-state index contributed by atoms with van der Waals surface area (Å²) in [6, 6.07) is 5.24. The fourth-order valence-electron chi connectivity index (χ4n) is 1.87. The van der Waals surface area contributed by atoms with E-state index in [1.54, 1.807) is 29.9 Å². The zero-order chi connectivity index (χ0) is 15.6. The van der Waals surface area contributed by atoms with Gasteiger partial charge < -0.3 is 15.7 Å². The van der Waals surface area contributed by atoms with E-state index in [1.807, 2.05) is 6.92 Å². The van der Waals surface area contributed by atoms with E-state index in [0.717, 1.165) is 15.9 Å². The first kappa shape index (κ1) is 15.7. The first-order valence-corrected chi connectivity index (χ1v) is 7.19. The molecule has 0 unspecified atom stereocenters. The molecule has 0 amide bonds. The van der Waals surface area contributed by atoms with Crippen molar-refractivity contribution in [2.24, 2.45) is 17.9 Å². The van der Waals surface area contributed by atoms with Crippen molar-refractivity contribution in [1.29, 1.82) is 0 Å². The molecule has 0 fully saturated rings. The highest BCUT2D eigenvalue weighted by molar-refractivity contribution is 9.10. The Kier molecular flexibility index (Phi) is 4.74. The Morgan fingerprint density at radius 2 is 2.29 bits per heavy atom. The molecule has 1 heterocycles. The van der Waals surface area contributed by atoms with E-state index in [0.29, 0.717) is 16.3 Å². The number of hydrogen-bond acceptors (Lipinski definition) is 4. The van der Waals surface area contributed by atoms with Crippen molar-refractivity contribution in [2.45, 2.75) is 13.5 Å². The summed E-state index contributed by atoms with van der Waals surface area (Å²) in [5, 5.41) is 16.6. The predicted molar refractivity (Wildman–Crippen MR) is 83.9 cm³/mol. The van der Waals surface area contributed by atoms with Gasteiger partial charge >= 0.3 is 0 Å². The predicted octanol–water partition coefficient (Wildman–Crippen LogP) is 2.82. The van der Waals surface area contributed by atoms with Crippen molar-refractivity contribution in [3.05, 3.63) is 44.6 Å². The van der Waals surface area contributed by atoms with Gasteiger partial charge in [-0.3, -0.25) is 4.68 Å². The Labute approximate surface area is 135 Å². The third kappa shape index (κ3) is 3.30. The smallest absolute Gasteiger partial charge is 0.173 e. The van der Waals surface area contributed by atoms with Crippen molar-refractivity contribution in [3.63, 3.8) is 0 Å². The second-order valence-electron chi connectivity index (χ2n) is 4.38. The first-order chi connectivity index (χ1) is 9.93. The lowest BCUT2D eigenvalue weighted by molar-refractivity contribution is 0.293. The molecule has 21 heavy (non-hydrogen) atoms. The molecule has 0 spiro atoms. The topological polar surface area (TPSA) is 85.7 Å². The third-order valence-corrected chi connectivity index (χ3v) is 3.94. The highest BCUT2D eigenvalue weighted by Gasteiger charge is 2.14. The Hall–Kier alpha value is -1.73. The third-order valence-electron chi connectivity index (χ3n) is 2.95. The van der Waals surface area contributed by atoms with Crippen LogP contribution in [0.25, 0.3) is 0 Å². The molecule has 8 heteroatoms. The van der Waals surface area contributed by atoms with E-state index < -0.39 is 0 Å². The number of amidine groups is 1. The lowest BCUT2D eigenvalue weighted by Gasteiger charge is -2.11. The molecule has 2 rings (SSSR count). The fraction of sp³-hybridized carbons (Fsp3) is 0.231. The number of benzene rings is 1. The maximum Gasteiger partial charge on any atom is 0.173 e. The van der Waals surface area contributed by atoms with Crippen LogP contribution in [0.15, 0.2) is 27.8 Å². The van der Waals surface area contributed by atoms with E-state index in [9.17, 15) is 0 Å². The van der Waals surface area contributed by atoms with Gasteiger partial charge in [-0.15, -0.1) is 0 Å². The summed E-state index contributed by atoms with van der Waals surface area (Å²) in [7, 11) is 1.80. The van der Waals surface area contributed by atoms with Crippen LogP contribution in [0.5, 0.6) is 5.75 Å². The lowest BCUT2D eigenvalue weighted by atomic mass is 10.2. The molecule has 1 aromatic carbocycles. The minimum absolute atomic E-state index is 0.0291. The van der Waals surface area contributed by atoms with Crippen LogP contribution in [-0.4, -0.2) is 20.8 Å². The molecule has 112 valence electrons. The van der Waals surface area contributed by atoms with Crippen LogP contribution in [0.2, 0.25) is 5.02 Å². The van der Waals surface area contributed by atoms with Crippen molar-refractivity contribution < 1.29 is 9.94 Å². The van der Waals surface area contributed by atoms with Crippen molar-refractivity contribution in [1.82, 2.24) is 9.78 Å². The fourth-order valence-corrected chi connectivity index (χ4v) is 2.44. The summed E-state index contributed by atoms with van der Waals surface area (Å²) < 4.78 is 8.20. The molecular weight excluding hydrogens is 360 g/mol. The quantitative estimate of drug-likeness (QED) is 0.373. The van der Waals surface area contributed by atoms with Crippen molar-refractivity contribution in [2.75, 3.05) is 0 Å². The molecule has 0 saturated carbocycles. The molecule has 0 aliphatic rings. The Morgan fingerprint density at radius 1 is 1.57 bits per heavy atom. The number of aromatic nitrogens is 2. The van der Waals surface area contributed by atoms with E-state index in [-0.39, 0.29) is 12.4 Å². The number of hydrogen-bond donors (Lipinski definition) is 2. The first-order valence-electron chi connectivity index (χ1n) is 6.02. The maximum atomic E-state index is 8.84. The molecule has 0 saturated heterocycles. The average Bonchev–Trinajstić information content (AvgIpc) is 2.70. The zero-order valence-electron chi connectivity index (χ0n) is 11.5. The molecule has 0 radical (unpaired) electrons. The highest BCUT2D eigenvalue weighted by Crippen LogP contribution is 2.26. The summed E-state index contributed by atoms with van der Waals surface area (Å²) in [6.45, 7) is 2.05.